The number of nitro groups is 1. The molecule has 2 aromatic rings. The van der Waals surface area contributed by atoms with Crippen molar-refractivity contribution in [2.45, 2.75) is 6.92 Å². The number of ketones is 1. The first-order valence-corrected chi connectivity index (χ1v) is 7.11. The quantitative estimate of drug-likeness (QED) is 0.260. The van der Waals surface area contributed by atoms with E-state index >= 15 is 0 Å². The molecule has 0 aromatic heterocycles. The zero-order valence-electron chi connectivity index (χ0n) is 13.8. The summed E-state index contributed by atoms with van der Waals surface area (Å²) in [6.07, 6.45) is 0. The van der Waals surface area contributed by atoms with Crippen molar-refractivity contribution in [2.24, 2.45) is 0 Å². The monoisotopic (exact) mass is 345 g/mol. The molecule has 0 unspecified atom stereocenters. The van der Waals surface area contributed by atoms with Gasteiger partial charge in [-0.3, -0.25) is 14.9 Å². The highest BCUT2D eigenvalue weighted by molar-refractivity contribution is 5.95. The van der Waals surface area contributed by atoms with Crippen LogP contribution < -0.4 is 14.2 Å². The zero-order chi connectivity index (χ0) is 18.6. The van der Waals surface area contributed by atoms with Gasteiger partial charge in [0.05, 0.1) is 24.7 Å². The summed E-state index contributed by atoms with van der Waals surface area (Å²) < 4.78 is 15.2. The molecule has 25 heavy (non-hydrogen) atoms. The van der Waals surface area contributed by atoms with Gasteiger partial charge in [0, 0.05) is 11.6 Å². The fraction of sp³-hybridized carbons (Fsp3) is 0.176. The van der Waals surface area contributed by atoms with Gasteiger partial charge in [-0.2, -0.15) is 0 Å². The van der Waals surface area contributed by atoms with Gasteiger partial charge in [0.25, 0.3) is 0 Å². The first kappa shape index (κ1) is 17.9. The van der Waals surface area contributed by atoms with E-state index in [2.05, 4.69) is 0 Å². The van der Waals surface area contributed by atoms with Crippen LogP contribution in [0.15, 0.2) is 36.4 Å². The number of carbonyl (C=O) groups excluding carboxylic acids is 2. The normalized spacial score (nSPS) is 10.0. The van der Waals surface area contributed by atoms with Gasteiger partial charge in [-0.1, -0.05) is 0 Å². The summed E-state index contributed by atoms with van der Waals surface area (Å²) in [4.78, 5) is 34.0. The molecule has 0 saturated heterocycles. The first-order valence-electron chi connectivity index (χ1n) is 7.11. The Hall–Kier alpha value is -3.42. The number of hydrogen-bond acceptors (Lipinski definition) is 7. The maximum atomic E-state index is 12.3. The lowest BCUT2D eigenvalue weighted by Crippen LogP contribution is -2.10. The van der Waals surface area contributed by atoms with E-state index in [0.29, 0.717) is 5.56 Å². The molecule has 0 amide bonds. The number of carbonyl (C=O) groups is 2. The number of hydrogen-bond donors (Lipinski definition) is 0. The van der Waals surface area contributed by atoms with Crippen LogP contribution in [0.3, 0.4) is 0 Å². The van der Waals surface area contributed by atoms with E-state index in [4.69, 9.17) is 14.2 Å². The van der Waals surface area contributed by atoms with Crippen LogP contribution in [0, 0.1) is 10.1 Å². The van der Waals surface area contributed by atoms with Crippen LogP contribution in [0.25, 0.3) is 0 Å². The molecule has 8 heteroatoms. The molecule has 0 spiro atoms. The van der Waals surface area contributed by atoms with E-state index in [9.17, 15) is 19.7 Å². The SMILES string of the molecule is COc1cc(C(C)=O)ccc1OC(=O)c1ccc(OC)c([N+](=O)[O-])c1. The molecule has 130 valence electrons. The van der Waals surface area contributed by atoms with E-state index < -0.39 is 10.9 Å². The van der Waals surface area contributed by atoms with Crippen molar-refractivity contribution in [1.82, 2.24) is 0 Å². The minimum atomic E-state index is -0.806. The maximum Gasteiger partial charge on any atom is 0.343 e. The van der Waals surface area contributed by atoms with Crippen LogP contribution in [0.5, 0.6) is 17.2 Å². The van der Waals surface area contributed by atoms with E-state index in [0.717, 1.165) is 6.07 Å². The highest BCUT2D eigenvalue weighted by Gasteiger charge is 2.20. The highest BCUT2D eigenvalue weighted by atomic mass is 16.6. The summed E-state index contributed by atoms with van der Waals surface area (Å²) in [5, 5.41) is 11.0. The van der Waals surface area contributed by atoms with Gasteiger partial charge in [-0.15, -0.1) is 0 Å². The second kappa shape index (κ2) is 7.43. The van der Waals surface area contributed by atoms with Crippen molar-refractivity contribution in [3.05, 3.63) is 57.6 Å². The fourth-order valence-electron chi connectivity index (χ4n) is 2.09. The van der Waals surface area contributed by atoms with Gasteiger partial charge in [-0.05, 0) is 37.3 Å². The third-order valence-corrected chi connectivity index (χ3v) is 3.38. The summed E-state index contributed by atoms with van der Waals surface area (Å²) >= 11 is 0. The van der Waals surface area contributed by atoms with E-state index in [1.54, 1.807) is 0 Å². The Kier molecular flexibility index (Phi) is 5.33. The fourth-order valence-corrected chi connectivity index (χ4v) is 2.09. The van der Waals surface area contributed by atoms with Crippen molar-refractivity contribution in [1.29, 1.82) is 0 Å². The van der Waals surface area contributed by atoms with Crippen LogP contribution in [0.1, 0.15) is 27.6 Å². The van der Waals surface area contributed by atoms with Gasteiger partial charge in [-0.25, -0.2) is 4.79 Å². The number of benzene rings is 2. The molecule has 2 rings (SSSR count). The van der Waals surface area contributed by atoms with E-state index in [-0.39, 0.29) is 34.3 Å². The van der Waals surface area contributed by atoms with Gasteiger partial charge in [0.2, 0.25) is 0 Å². The van der Waals surface area contributed by atoms with Crippen LogP contribution in [0.2, 0.25) is 0 Å². The number of nitro benzene ring substituents is 1. The highest BCUT2D eigenvalue weighted by Crippen LogP contribution is 2.31. The summed E-state index contributed by atoms with van der Waals surface area (Å²) in [6, 6.07) is 8.09. The third-order valence-electron chi connectivity index (χ3n) is 3.38. The number of ether oxygens (including phenoxy) is 3. The number of esters is 1. The average molecular weight is 345 g/mol. The molecule has 0 fully saturated rings. The molecule has 0 heterocycles. The van der Waals surface area contributed by atoms with E-state index in [1.807, 2.05) is 0 Å². The largest absolute Gasteiger partial charge is 0.493 e. The molecule has 0 N–H and O–H groups in total. The molecule has 0 aliphatic carbocycles. The minimum absolute atomic E-state index is 0.0230. The molecular weight excluding hydrogens is 330 g/mol. The van der Waals surface area contributed by atoms with Crippen LogP contribution in [-0.2, 0) is 0 Å². The second-order valence-electron chi connectivity index (χ2n) is 4.96. The summed E-state index contributed by atoms with van der Waals surface area (Å²) in [7, 11) is 2.66. The lowest BCUT2D eigenvalue weighted by molar-refractivity contribution is -0.385. The molecule has 0 bridgehead atoms. The lowest BCUT2D eigenvalue weighted by atomic mass is 10.1. The molecule has 0 radical (unpaired) electrons. The molecule has 0 aliphatic rings. The summed E-state index contributed by atoms with van der Waals surface area (Å²) in [5.74, 6) is -0.647. The van der Waals surface area contributed by atoms with Crippen molar-refractivity contribution >= 4 is 17.4 Å². The Morgan fingerprint density at radius 2 is 1.52 bits per heavy atom. The molecule has 0 saturated carbocycles. The number of rotatable bonds is 6. The first-order chi connectivity index (χ1) is 11.9. The Bertz CT molecular complexity index is 845. The standard InChI is InChI=1S/C17H15NO7/c1-10(19)11-4-7-15(16(9-11)24-3)25-17(20)12-5-6-14(23-2)13(8-12)18(21)22/h4-9H,1-3H3. The van der Waals surface area contributed by atoms with Crippen LogP contribution in [0.4, 0.5) is 5.69 Å². The van der Waals surface area contributed by atoms with Gasteiger partial charge in [0.1, 0.15) is 0 Å². The van der Waals surface area contributed by atoms with Crippen LogP contribution in [-0.4, -0.2) is 30.9 Å². The molecule has 2 aromatic carbocycles. The molecule has 0 atom stereocenters. The van der Waals surface area contributed by atoms with Gasteiger partial charge < -0.3 is 14.2 Å². The Labute approximate surface area is 143 Å². The number of nitrogens with zero attached hydrogens (tertiary/aromatic N) is 1. The van der Waals surface area contributed by atoms with Crippen molar-refractivity contribution in [3.8, 4) is 17.2 Å². The van der Waals surface area contributed by atoms with E-state index in [1.165, 1.54) is 51.5 Å². The Morgan fingerprint density at radius 3 is 2.08 bits per heavy atom. The topological polar surface area (TPSA) is 105 Å². The average Bonchev–Trinajstić information content (AvgIpc) is 2.61. The third kappa shape index (κ3) is 3.92. The lowest BCUT2D eigenvalue weighted by Gasteiger charge is -2.10. The predicted molar refractivity (Wildman–Crippen MR) is 87.6 cm³/mol. The molecule has 8 nitrogen and oxygen atoms in total. The Morgan fingerprint density at radius 1 is 0.920 bits per heavy atom. The van der Waals surface area contributed by atoms with Gasteiger partial charge >= 0.3 is 11.7 Å². The summed E-state index contributed by atoms with van der Waals surface area (Å²) in [6.45, 7) is 1.40. The Balaban J connectivity index is 2.32. The van der Waals surface area contributed by atoms with Gasteiger partial charge in [0.15, 0.2) is 23.0 Å². The molecular formula is C17H15NO7. The minimum Gasteiger partial charge on any atom is -0.493 e. The zero-order valence-corrected chi connectivity index (χ0v) is 13.8. The smallest absolute Gasteiger partial charge is 0.343 e. The van der Waals surface area contributed by atoms with Crippen LogP contribution >= 0.6 is 0 Å². The summed E-state index contributed by atoms with van der Waals surface area (Å²) in [5.41, 5.74) is 0.0257. The predicted octanol–water partition coefficient (Wildman–Crippen LogP) is 3.03. The van der Waals surface area contributed by atoms with Crippen molar-refractivity contribution < 1.29 is 28.7 Å². The van der Waals surface area contributed by atoms with Crippen molar-refractivity contribution in [2.75, 3.05) is 14.2 Å². The number of methoxy groups -OCH3 is 2. The second-order valence-corrected chi connectivity index (χ2v) is 4.96. The maximum absolute atomic E-state index is 12.3. The molecule has 0 aliphatic heterocycles. The van der Waals surface area contributed by atoms with Crippen molar-refractivity contribution in [3.63, 3.8) is 0 Å². The number of Topliss-reactive ketones (excluding diaryl/α,β-unsaturated/α-hetero) is 1.